The van der Waals surface area contributed by atoms with Crippen LogP contribution in [0, 0.1) is 5.82 Å². The van der Waals surface area contributed by atoms with E-state index in [0.717, 1.165) is 6.20 Å². The lowest BCUT2D eigenvalue weighted by Crippen LogP contribution is -1.93. The van der Waals surface area contributed by atoms with Crippen LogP contribution in [0.2, 0.25) is 15.1 Å². The Balaban J connectivity index is 2.68. The summed E-state index contributed by atoms with van der Waals surface area (Å²) < 4.78 is 18.3. The molecule has 0 aliphatic rings. The van der Waals surface area contributed by atoms with Gasteiger partial charge in [-0.3, -0.25) is 0 Å². The Bertz CT molecular complexity index is 604. The van der Waals surface area contributed by atoms with Gasteiger partial charge in [-0.05, 0) is 18.2 Å². The molecule has 2 aromatic rings. The van der Waals surface area contributed by atoms with Crippen LogP contribution in [-0.2, 0) is 0 Å². The summed E-state index contributed by atoms with van der Waals surface area (Å²) in [6.45, 7) is 0. The number of rotatable bonds is 2. The second-order valence-electron chi connectivity index (χ2n) is 3.46. The summed E-state index contributed by atoms with van der Waals surface area (Å²) in [5.74, 6) is -0.232. The van der Waals surface area contributed by atoms with Crippen LogP contribution in [0.15, 0.2) is 24.4 Å². The molecule has 6 heteroatoms. The monoisotopic (exact) mass is 305 g/mol. The van der Waals surface area contributed by atoms with Gasteiger partial charge in [-0.2, -0.15) is 0 Å². The van der Waals surface area contributed by atoms with E-state index in [1.165, 1.54) is 19.2 Å². The van der Waals surface area contributed by atoms with Crippen LogP contribution in [0.3, 0.4) is 0 Å². The first-order valence-corrected chi connectivity index (χ1v) is 6.00. The van der Waals surface area contributed by atoms with Crippen molar-refractivity contribution in [2.24, 2.45) is 0 Å². The highest BCUT2D eigenvalue weighted by molar-refractivity contribution is 6.44. The smallest absolute Gasteiger partial charge is 0.221 e. The zero-order valence-electron chi connectivity index (χ0n) is 9.18. The van der Waals surface area contributed by atoms with Crippen molar-refractivity contribution in [3.8, 4) is 17.0 Å². The van der Waals surface area contributed by atoms with Crippen molar-refractivity contribution in [3.63, 3.8) is 0 Å². The Morgan fingerprint density at radius 2 is 1.67 bits per heavy atom. The quantitative estimate of drug-likeness (QED) is 0.739. The van der Waals surface area contributed by atoms with E-state index in [4.69, 9.17) is 39.5 Å². The molecule has 0 aliphatic heterocycles. The number of hydrogen-bond acceptors (Lipinski definition) is 2. The Kier molecular flexibility index (Phi) is 3.95. The van der Waals surface area contributed by atoms with Gasteiger partial charge < -0.3 is 4.74 Å². The van der Waals surface area contributed by atoms with Crippen molar-refractivity contribution in [3.05, 3.63) is 45.3 Å². The Labute approximate surface area is 118 Å². The molecule has 0 amide bonds. The van der Waals surface area contributed by atoms with Gasteiger partial charge in [0.2, 0.25) is 5.88 Å². The zero-order valence-corrected chi connectivity index (χ0v) is 11.4. The molecule has 0 bridgehead atoms. The van der Waals surface area contributed by atoms with Crippen LogP contribution in [0.1, 0.15) is 0 Å². The highest BCUT2D eigenvalue weighted by Crippen LogP contribution is 2.38. The summed E-state index contributed by atoms with van der Waals surface area (Å²) in [4.78, 5) is 3.83. The van der Waals surface area contributed by atoms with E-state index >= 15 is 0 Å². The molecule has 18 heavy (non-hydrogen) atoms. The molecule has 0 atom stereocenters. The van der Waals surface area contributed by atoms with Gasteiger partial charge in [-0.15, -0.1) is 0 Å². The molecule has 1 aromatic carbocycles. The van der Waals surface area contributed by atoms with Gasteiger partial charge in [0.05, 0.1) is 28.4 Å². The fourth-order valence-corrected chi connectivity index (χ4v) is 2.16. The van der Waals surface area contributed by atoms with E-state index in [2.05, 4.69) is 4.98 Å². The largest absolute Gasteiger partial charge is 0.481 e. The molecule has 0 spiro atoms. The van der Waals surface area contributed by atoms with Crippen molar-refractivity contribution < 1.29 is 9.13 Å². The zero-order chi connectivity index (χ0) is 13.3. The predicted molar refractivity (Wildman–Crippen MR) is 71.2 cm³/mol. The van der Waals surface area contributed by atoms with E-state index in [0.29, 0.717) is 26.2 Å². The second-order valence-corrected chi connectivity index (χ2v) is 4.68. The highest BCUT2D eigenvalue weighted by atomic mass is 35.5. The maximum absolute atomic E-state index is 13.3. The molecule has 1 aromatic heterocycles. The van der Waals surface area contributed by atoms with Crippen LogP contribution >= 0.6 is 34.8 Å². The van der Waals surface area contributed by atoms with Crippen LogP contribution in [-0.4, -0.2) is 12.1 Å². The maximum Gasteiger partial charge on any atom is 0.221 e. The average Bonchev–Trinajstić information content (AvgIpc) is 2.34. The average molecular weight is 307 g/mol. The molecule has 94 valence electrons. The van der Waals surface area contributed by atoms with E-state index < -0.39 is 5.82 Å². The topological polar surface area (TPSA) is 22.1 Å². The summed E-state index contributed by atoms with van der Waals surface area (Å²) in [6, 6.07) is 4.31. The molecule has 1 heterocycles. The SMILES string of the molecule is COc1ncc(F)cc1-c1cc(Cl)c(Cl)cc1Cl. The Hall–Kier alpha value is -1.03. The highest BCUT2D eigenvalue weighted by Gasteiger charge is 2.14. The van der Waals surface area contributed by atoms with Gasteiger partial charge in [0.15, 0.2) is 0 Å². The third-order valence-corrected chi connectivity index (χ3v) is 3.35. The number of aromatic nitrogens is 1. The van der Waals surface area contributed by atoms with E-state index in [1.54, 1.807) is 6.07 Å². The lowest BCUT2D eigenvalue weighted by molar-refractivity contribution is 0.397. The van der Waals surface area contributed by atoms with Crippen molar-refractivity contribution >= 4 is 34.8 Å². The fourth-order valence-electron chi connectivity index (χ4n) is 1.51. The van der Waals surface area contributed by atoms with Crippen LogP contribution in [0.25, 0.3) is 11.1 Å². The molecule has 2 nitrogen and oxygen atoms in total. The van der Waals surface area contributed by atoms with Crippen molar-refractivity contribution in [1.82, 2.24) is 4.98 Å². The minimum atomic E-state index is -0.493. The van der Waals surface area contributed by atoms with Gasteiger partial charge in [-0.1, -0.05) is 34.8 Å². The maximum atomic E-state index is 13.3. The minimum Gasteiger partial charge on any atom is -0.481 e. The number of ether oxygens (including phenoxy) is 1. The van der Waals surface area contributed by atoms with E-state index in [-0.39, 0.29) is 5.88 Å². The molecular formula is C12H7Cl3FNO. The fraction of sp³-hybridized carbons (Fsp3) is 0.0833. The van der Waals surface area contributed by atoms with Gasteiger partial charge in [0, 0.05) is 11.1 Å². The number of halogens is 4. The molecule has 0 N–H and O–H groups in total. The number of methoxy groups -OCH3 is 1. The third-order valence-electron chi connectivity index (χ3n) is 2.31. The molecule has 2 rings (SSSR count). The van der Waals surface area contributed by atoms with Crippen LogP contribution < -0.4 is 4.74 Å². The first-order valence-electron chi connectivity index (χ1n) is 4.87. The summed E-state index contributed by atoms with van der Waals surface area (Å²) in [6.07, 6.45) is 1.06. The van der Waals surface area contributed by atoms with Crippen molar-refractivity contribution in [2.75, 3.05) is 7.11 Å². The lowest BCUT2D eigenvalue weighted by atomic mass is 10.1. The number of pyridine rings is 1. The first-order chi connectivity index (χ1) is 8.52. The van der Waals surface area contributed by atoms with Gasteiger partial charge in [0.1, 0.15) is 5.82 Å². The lowest BCUT2D eigenvalue weighted by Gasteiger charge is -2.10. The molecule has 0 fully saturated rings. The summed E-state index contributed by atoms with van der Waals surface area (Å²) >= 11 is 17.8. The summed E-state index contributed by atoms with van der Waals surface area (Å²) in [5, 5.41) is 0.992. The molecule has 0 unspecified atom stereocenters. The second kappa shape index (κ2) is 5.31. The molecular weight excluding hydrogens is 299 g/mol. The molecule has 0 saturated carbocycles. The minimum absolute atomic E-state index is 0.261. The number of nitrogens with zero attached hydrogens (tertiary/aromatic N) is 1. The molecule has 0 radical (unpaired) electrons. The van der Waals surface area contributed by atoms with E-state index in [1.807, 2.05) is 0 Å². The number of benzene rings is 1. The first kappa shape index (κ1) is 13.4. The molecule has 0 aliphatic carbocycles. The Morgan fingerprint density at radius 1 is 1.00 bits per heavy atom. The number of hydrogen-bond donors (Lipinski definition) is 0. The van der Waals surface area contributed by atoms with Crippen molar-refractivity contribution in [2.45, 2.75) is 0 Å². The van der Waals surface area contributed by atoms with Crippen LogP contribution in [0.5, 0.6) is 5.88 Å². The summed E-state index contributed by atoms with van der Waals surface area (Å²) in [7, 11) is 1.44. The van der Waals surface area contributed by atoms with E-state index in [9.17, 15) is 4.39 Å². The molecule has 0 saturated heterocycles. The Morgan fingerprint density at radius 3 is 2.33 bits per heavy atom. The van der Waals surface area contributed by atoms with Crippen LogP contribution in [0.4, 0.5) is 4.39 Å². The summed E-state index contributed by atoms with van der Waals surface area (Å²) in [5.41, 5.74) is 0.927. The van der Waals surface area contributed by atoms with Gasteiger partial charge >= 0.3 is 0 Å². The standard InChI is InChI=1S/C12H7Cl3FNO/c1-18-12-8(2-6(16)5-17-12)7-3-10(14)11(15)4-9(7)13/h2-5H,1H3. The van der Waals surface area contributed by atoms with Gasteiger partial charge in [0.25, 0.3) is 0 Å². The van der Waals surface area contributed by atoms with Gasteiger partial charge in [-0.25, -0.2) is 9.37 Å². The van der Waals surface area contributed by atoms with Crippen molar-refractivity contribution in [1.29, 1.82) is 0 Å². The predicted octanol–water partition coefficient (Wildman–Crippen LogP) is 4.86. The third kappa shape index (κ3) is 2.53. The normalized spacial score (nSPS) is 10.5.